The van der Waals surface area contributed by atoms with E-state index < -0.39 is 12.1 Å². The number of alkyl halides is 3. The van der Waals surface area contributed by atoms with E-state index in [-0.39, 0.29) is 5.56 Å². The first-order chi connectivity index (χ1) is 8.80. The Balaban J connectivity index is 0.000000224. The molecule has 0 saturated heterocycles. The maximum Gasteiger partial charge on any atom is 0.490 e. The van der Waals surface area contributed by atoms with Crippen LogP contribution in [-0.4, -0.2) is 27.4 Å². The molecule has 8 heteroatoms. The molecule has 100 valence electrons. The predicted octanol–water partition coefficient (Wildman–Crippen LogP) is 1.62. The van der Waals surface area contributed by atoms with E-state index in [1.807, 2.05) is 24.3 Å². The van der Waals surface area contributed by atoms with E-state index in [1.54, 1.807) is 6.07 Å². The summed E-state index contributed by atoms with van der Waals surface area (Å²) in [6.45, 7) is 0. The van der Waals surface area contributed by atoms with Crippen LogP contribution in [0.2, 0.25) is 0 Å². The van der Waals surface area contributed by atoms with Gasteiger partial charge in [-0.05, 0) is 12.1 Å². The van der Waals surface area contributed by atoms with E-state index in [0.29, 0.717) is 0 Å². The lowest BCUT2D eigenvalue weighted by molar-refractivity contribution is -0.192. The van der Waals surface area contributed by atoms with Crippen LogP contribution in [0.25, 0.3) is 10.9 Å². The number of benzene rings is 1. The zero-order valence-electron chi connectivity index (χ0n) is 9.26. The first-order valence-corrected chi connectivity index (χ1v) is 4.83. The fourth-order valence-corrected chi connectivity index (χ4v) is 1.02. The molecular formula is C11H7F3N2O3. The highest BCUT2D eigenvalue weighted by Crippen LogP contribution is 2.13. The van der Waals surface area contributed by atoms with Gasteiger partial charge in [-0.3, -0.25) is 4.79 Å². The van der Waals surface area contributed by atoms with E-state index in [2.05, 4.69) is 10.2 Å². The summed E-state index contributed by atoms with van der Waals surface area (Å²) in [5, 5.41) is 15.3. The number of fused-ring (bicyclic) bond motifs is 1. The number of carboxylic acid groups (broad SMARTS) is 1. The first-order valence-electron chi connectivity index (χ1n) is 4.83. The lowest BCUT2D eigenvalue weighted by atomic mass is 10.2. The molecule has 0 aliphatic rings. The molecule has 0 aliphatic carbocycles. The topological polar surface area (TPSA) is 80.1 Å². The van der Waals surface area contributed by atoms with Crippen LogP contribution in [-0.2, 0) is 4.79 Å². The minimum Gasteiger partial charge on any atom is -0.475 e. The number of nitrogens with zero attached hydrogens (tertiary/aromatic N) is 2. The van der Waals surface area contributed by atoms with Crippen molar-refractivity contribution in [3.63, 3.8) is 0 Å². The Labute approximate surface area is 104 Å². The Morgan fingerprint density at radius 2 is 1.63 bits per heavy atom. The summed E-state index contributed by atoms with van der Waals surface area (Å²) >= 11 is 0. The van der Waals surface area contributed by atoms with Crippen LogP contribution in [0.15, 0.2) is 41.2 Å². The van der Waals surface area contributed by atoms with Crippen LogP contribution in [0.5, 0.6) is 0 Å². The standard InChI is InChI=1S/C9H6N2O.C2HF3O2/c12-9-6-5-7-3-1-2-4-8(7)10-11-9;3-2(4,5)1(6)7/h1-6H;(H,6,7). The second-order valence-electron chi connectivity index (χ2n) is 3.23. The lowest BCUT2D eigenvalue weighted by Crippen LogP contribution is -2.21. The third-order valence-corrected chi connectivity index (χ3v) is 1.84. The zero-order chi connectivity index (χ0) is 14.5. The molecule has 2 aromatic rings. The summed E-state index contributed by atoms with van der Waals surface area (Å²) in [6, 6.07) is 10.6. The summed E-state index contributed by atoms with van der Waals surface area (Å²) in [5.41, 5.74) is 0.422. The van der Waals surface area contributed by atoms with Crippen molar-refractivity contribution in [3.05, 3.63) is 46.8 Å². The minimum absolute atomic E-state index is 0.314. The van der Waals surface area contributed by atoms with Gasteiger partial charge >= 0.3 is 12.1 Å². The Morgan fingerprint density at radius 1 is 1.05 bits per heavy atom. The number of aromatic nitrogens is 2. The number of hydrogen-bond donors (Lipinski definition) is 1. The van der Waals surface area contributed by atoms with Gasteiger partial charge < -0.3 is 5.11 Å². The van der Waals surface area contributed by atoms with Crippen molar-refractivity contribution in [2.24, 2.45) is 0 Å². The highest BCUT2D eigenvalue weighted by Gasteiger charge is 2.38. The van der Waals surface area contributed by atoms with Gasteiger partial charge in [-0.1, -0.05) is 18.2 Å². The Kier molecular flexibility index (Phi) is 4.51. The SMILES string of the molecule is O=C(O)C(F)(F)F.O=c1ccc2ccccc2nn1. The molecule has 1 heterocycles. The van der Waals surface area contributed by atoms with Crippen LogP contribution >= 0.6 is 0 Å². The number of carboxylic acids is 1. The van der Waals surface area contributed by atoms with Gasteiger partial charge in [0.2, 0.25) is 0 Å². The van der Waals surface area contributed by atoms with Crippen molar-refractivity contribution in [3.8, 4) is 0 Å². The van der Waals surface area contributed by atoms with Crippen LogP contribution in [0.1, 0.15) is 0 Å². The average Bonchev–Trinajstić information content (AvgIpc) is 2.52. The van der Waals surface area contributed by atoms with Gasteiger partial charge in [0.25, 0.3) is 5.56 Å². The molecule has 0 amide bonds. The summed E-state index contributed by atoms with van der Waals surface area (Å²) < 4.78 is 31.7. The molecule has 0 bridgehead atoms. The molecule has 0 unspecified atom stereocenters. The quantitative estimate of drug-likeness (QED) is 0.788. The molecular weight excluding hydrogens is 265 g/mol. The molecule has 0 atom stereocenters. The van der Waals surface area contributed by atoms with E-state index in [4.69, 9.17) is 9.90 Å². The third kappa shape index (κ3) is 4.70. The second kappa shape index (κ2) is 5.89. The summed E-state index contributed by atoms with van der Waals surface area (Å²) in [4.78, 5) is 19.7. The van der Waals surface area contributed by atoms with Crippen molar-refractivity contribution in [2.45, 2.75) is 6.18 Å². The maximum absolute atomic E-state index is 10.8. The van der Waals surface area contributed by atoms with E-state index in [9.17, 15) is 18.0 Å². The zero-order valence-corrected chi connectivity index (χ0v) is 9.26. The summed E-state index contributed by atoms with van der Waals surface area (Å²) in [5.74, 6) is -2.76. The molecule has 1 aromatic heterocycles. The monoisotopic (exact) mass is 272 g/mol. The predicted molar refractivity (Wildman–Crippen MR) is 59.5 cm³/mol. The summed E-state index contributed by atoms with van der Waals surface area (Å²) in [6.07, 6.45) is -5.08. The number of carbonyl (C=O) groups is 1. The minimum atomic E-state index is -5.08. The fourth-order valence-electron chi connectivity index (χ4n) is 1.02. The van der Waals surface area contributed by atoms with Gasteiger partial charge in [-0.15, -0.1) is 10.2 Å². The first kappa shape index (κ1) is 14.6. The van der Waals surface area contributed by atoms with E-state index in [1.165, 1.54) is 6.07 Å². The Hall–Kier alpha value is -2.51. The van der Waals surface area contributed by atoms with Crippen molar-refractivity contribution in [1.29, 1.82) is 0 Å². The number of aliphatic carboxylic acids is 1. The van der Waals surface area contributed by atoms with Crippen molar-refractivity contribution >= 4 is 16.9 Å². The van der Waals surface area contributed by atoms with E-state index >= 15 is 0 Å². The van der Waals surface area contributed by atoms with Crippen LogP contribution in [0.3, 0.4) is 0 Å². The van der Waals surface area contributed by atoms with Crippen LogP contribution in [0, 0.1) is 0 Å². The van der Waals surface area contributed by atoms with Gasteiger partial charge in [-0.25, -0.2) is 4.79 Å². The number of halogens is 3. The van der Waals surface area contributed by atoms with Crippen LogP contribution < -0.4 is 5.56 Å². The van der Waals surface area contributed by atoms with Crippen molar-refractivity contribution in [2.75, 3.05) is 0 Å². The van der Waals surface area contributed by atoms with Gasteiger partial charge in [0.1, 0.15) is 0 Å². The summed E-state index contributed by atoms with van der Waals surface area (Å²) in [7, 11) is 0. The largest absolute Gasteiger partial charge is 0.490 e. The average molecular weight is 272 g/mol. The van der Waals surface area contributed by atoms with Gasteiger partial charge in [0, 0.05) is 11.5 Å². The fraction of sp³-hybridized carbons (Fsp3) is 0.0909. The normalized spacial score (nSPS) is 10.5. The smallest absolute Gasteiger partial charge is 0.475 e. The van der Waals surface area contributed by atoms with Gasteiger partial charge in [0.15, 0.2) is 0 Å². The third-order valence-electron chi connectivity index (χ3n) is 1.84. The van der Waals surface area contributed by atoms with Crippen LogP contribution in [0.4, 0.5) is 13.2 Å². The van der Waals surface area contributed by atoms with Crippen molar-refractivity contribution in [1.82, 2.24) is 10.2 Å². The molecule has 0 saturated carbocycles. The Bertz CT molecular complexity index is 602. The molecule has 0 spiro atoms. The maximum atomic E-state index is 10.8. The molecule has 19 heavy (non-hydrogen) atoms. The van der Waals surface area contributed by atoms with Crippen molar-refractivity contribution < 1.29 is 23.1 Å². The van der Waals surface area contributed by atoms with E-state index in [0.717, 1.165) is 10.9 Å². The second-order valence-corrected chi connectivity index (χ2v) is 3.23. The van der Waals surface area contributed by atoms with Gasteiger partial charge in [0.05, 0.1) is 5.52 Å². The van der Waals surface area contributed by atoms with Gasteiger partial charge in [-0.2, -0.15) is 13.2 Å². The highest BCUT2D eigenvalue weighted by atomic mass is 19.4. The molecule has 2 rings (SSSR count). The lowest BCUT2D eigenvalue weighted by Gasteiger charge is -1.93. The molecule has 0 fully saturated rings. The molecule has 0 radical (unpaired) electrons. The molecule has 1 aromatic carbocycles. The Morgan fingerprint density at radius 3 is 2.21 bits per heavy atom. The number of hydrogen-bond acceptors (Lipinski definition) is 4. The molecule has 0 aliphatic heterocycles. The molecule has 5 nitrogen and oxygen atoms in total. The molecule has 1 N–H and O–H groups in total. The number of rotatable bonds is 0. The highest BCUT2D eigenvalue weighted by molar-refractivity contribution is 5.76.